The SMILES string of the molecule is CC(C)(C)[Si](C)(C)OC[C@H](CS(C)(=O)=O)N[C@@H](C#CC1CC1)C(F)(F)F. The van der Waals surface area contributed by atoms with Crippen LogP contribution in [0.15, 0.2) is 0 Å². The third-order valence-corrected chi connectivity index (χ3v) is 10.2. The molecule has 0 heterocycles. The van der Waals surface area contributed by atoms with Gasteiger partial charge in [-0.15, -0.1) is 0 Å². The molecule has 2 atom stereocenters. The Hall–Kier alpha value is -0.563. The molecule has 1 fully saturated rings. The summed E-state index contributed by atoms with van der Waals surface area (Å²) in [5.41, 5.74) is 0. The fourth-order valence-corrected chi connectivity index (χ4v) is 3.89. The van der Waals surface area contributed by atoms with E-state index in [1.165, 1.54) is 0 Å². The van der Waals surface area contributed by atoms with Crippen molar-refractivity contribution >= 4 is 18.2 Å². The topological polar surface area (TPSA) is 55.4 Å². The molecule has 9 heteroatoms. The molecule has 0 aromatic carbocycles. The second-order valence-electron chi connectivity index (χ2n) is 8.56. The highest BCUT2D eigenvalue weighted by Gasteiger charge is 2.42. The Morgan fingerprint density at radius 3 is 2.15 bits per heavy atom. The number of nitrogens with one attached hydrogen (secondary N) is 1. The first-order valence-electron chi connectivity index (χ1n) is 8.67. The molecule has 0 spiro atoms. The van der Waals surface area contributed by atoms with E-state index in [2.05, 4.69) is 17.2 Å². The van der Waals surface area contributed by atoms with Crippen molar-refractivity contribution in [2.24, 2.45) is 5.92 Å². The molecule has 1 aliphatic rings. The normalized spacial score (nSPS) is 18.8. The molecule has 0 radical (unpaired) electrons. The van der Waals surface area contributed by atoms with Crippen LogP contribution in [0.2, 0.25) is 18.1 Å². The summed E-state index contributed by atoms with van der Waals surface area (Å²) >= 11 is 0. The minimum atomic E-state index is -4.57. The van der Waals surface area contributed by atoms with E-state index in [1.54, 1.807) is 0 Å². The molecule has 1 rings (SSSR count). The predicted octanol–water partition coefficient (Wildman–Crippen LogP) is 3.36. The van der Waals surface area contributed by atoms with Gasteiger partial charge in [0.05, 0.1) is 12.4 Å². The van der Waals surface area contributed by atoms with Crippen LogP contribution in [0.25, 0.3) is 0 Å². The van der Waals surface area contributed by atoms with Crippen molar-refractivity contribution in [1.82, 2.24) is 5.32 Å². The van der Waals surface area contributed by atoms with Crippen molar-refractivity contribution in [3.8, 4) is 11.8 Å². The molecule has 0 aromatic rings. The lowest BCUT2D eigenvalue weighted by molar-refractivity contribution is -0.144. The van der Waals surface area contributed by atoms with E-state index >= 15 is 0 Å². The molecule has 0 aliphatic heterocycles. The Morgan fingerprint density at radius 2 is 1.77 bits per heavy atom. The monoisotopic (exact) mass is 413 g/mol. The Balaban J connectivity index is 2.92. The predicted molar refractivity (Wildman–Crippen MR) is 100 cm³/mol. The summed E-state index contributed by atoms with van der Waals surface area (Å²) in [5.74, 6) is 4.45. The van der Waals surface area contributed by atoms with E-state index in [1.807, 2.05) is 33.9 Å². The molecule has 26 heavy (non-hydrogen) atoms. The standard InChI is InChI=1S/C17H30F3NO3SSi/c1-16(2,3)26(5,6)24-11-14(12-25(4,22)23)21-15(17(18,19)20)10-9-13-7-8-13/h13-15,21H,7-8,11-12H2,1-6H3/t14-,15+/m1/s1. The van der Waals surface area contributed by atoms with Gasteiger partial charge in [-0.05, 0) is 31.0 Å². The van der Waals surface area contributed by atoms with Crippen molar-refractivity contribution in [2.45, 2.75) is 70.0 Å². The summed E-state index contributed by atoms with van der Waals surface area (Å²) in [6.45, 7) is 9.88. The largest absolute Gasteiger partial charge is 0.415 e. The van der Waals surface area contributed by atoms with Gasteiger partial charge in [0.15, 0.2) is 14.4 Å². The van der Waals surface area contributed by atoms with E-state index in [4.69, 9.17) is 4.43 Å². The van der Waals surface area contributed by atoms with E-state index < -0.39 is 42.2 Å². The van der Waals surface area contributed by atoms with Gasteiger partial charge in [-0.3, -0.25) is 5.32 Å². The maximum Gasteiger partial charge on any atom is 0.415 e. The van der Waals surface area contributed by atoms with Crippen molar-refractivity contribution in [3.05, 3.63) is 0 Å². The van der Waals surface area contributed by atoms with Crippen LogP contribution in [0.1, 0.15) is 33.6 Å². The maximum atomic E-state index is 13.3. The quantitative estimate of drug-likeness (QED) is 0.514. The van der Waals surface area contributed by atoms with Crippen LogP contribution in [-0.2, 0) is 14.3 Å². The van der Waals surface area contributed by atoms with Gasteiger partial charge in [-0.1, -0.05) is 32.6 Å². The van der Waals surface area contributed by atoms with Crippen LogP contribution in [0.4, 0.5) is 13.2 Å². The van der Waals surface area contributed by atoms with Gasteiger partial charge in [0.25, 0.3) is 0 Å². The lowest BCUT2D eigenvalue weighted by Crippen LogP contribution is -2.53. The molecule has 0 unspecified atom stereocenters. The molecule has 4 nitrogen and oxygen atoms in total. The van der Waals surface area contributed by atoms with Gasteiger partial charge in [0.2, 0.25) is 0 Å². The summed E-state index contributed by atoms with van der Waals surface area (Å²) in [4.78, 5) is 0. The smallest absolute Gasteiger partial charge is 0.415 e. The fourth-order valence-electron chi connectivity index (χ4n) is 1.92. The van der Waals surface area contributed by atoms with E-state index in [-0.39, 0.29) is 17.6 Å². The molecular formula is C17H30F3NO3SSi. The van der Waals surface area contributed by atoms with Gasteiger partial charge in [-0.25, -0.2) is 8.42 Å². The molecule has 0 bridgehead atoms. The Kier molecular flexibility index (Phi) is 7.41. The Morgan fingerprint density at radius 1 is 1.23 bits per heavy atom. The molecule has 1 N–H and O–H groups in total. The minimum absolute atomic E-state index is 0.0264. The van der Waals surface area contributed by atoms with E-state index in [9.17, 15) is 21.6 Å². The first-order chi connectivity index (χ1) is 11.5. The van der Waals surface area contributed by atoms with Crippen LogP contribution in [-0.4, -0.2) is 53.6 Å². The third kappa shape index (κ3) is 8.42. The van der Waals surface area contributed by atoms with Gasteiger partial charge in [0.1, 0.15) is 9.84 Å². The highest BCUT2D eigenvalue weighted by molar-refractivity contribution is 7.90. The minimum Gasteiger partial charge on any atom is -0.415 e. The molecular weight excluding hydrogens is 383 g/mol. The highest BCUT2D eigenvalue weighted by atomic mass is 32.2. The molecule has 0 amide bonds. The van der Waals surface area contributed by atoms with Crippen LogP contribution >= 0.6 is 0 Å². The van der Waals surface area contributed by atoms with Crippen molar-refractivity contribution < 1.29 is 26.0 Å². The zero-order chi connectivity index (χ0) is 20.4. The molecule has 0 saturated heterocycles. The lowest BCUT2D eigenvalue weighted by atomic mass is 10.2. The van der Waals surface area contributed by atoms with E-state index in [0.29, 0.717) is 0 Å². The Bertz CT molecular complexity index is 641. The fraction of sp³-hybridized carbons (Fsp3) is 0.882. The van der Waals surface area contributed by atoms with E-state index in [0.717, 1.165) is 19.1 Å². The summed E-state index contributed by atoms with van der Waals surface area (Å²) in [6, 6.07) is -3.03. The van der Waals surface area contributed by atoms with Crippen LogP contribution in [0, 0.1) is 17.8 Å². The zero-order valence-electron chi connectivity index (χ0n) is 16.3. The summed E-state index contributed by atoms with van der Waals surface area (Å²) in [6.07, 6.45) is -1.93. The summed E-state index contributed by atoms with van der Waals surface area (Å²) < 4.78 is 69.2. The first kappa shape index (κ1) is 23.5. The summed E-state index contributed by atoms with van der Waals surface area (Å²) in [7, 11) is -5.70. The second-order valence-corrected chi connectivity index (χ2v) is 15.6. The average molecular weight is 414 g/mol. The van der Waals surface area contributed by atoms with Gasteiger partial charge in [-0.2, -0.15) is 13.2 Å². The number of hydrogen-bond acceptors (Lipinski definition) is 4. The average Bonchev–Trinajstić information content (AvgIpc) is 3.20. The van der Waals surface area contributed by atoms with Crippen LogP contribution in [0.5, 0.6) is 0 Å². The zero-order valence-corrected chi connectivity index (χ0v) is 18.1. The summed E-state index contributed by atoms with van der Waals surface area (Å²) in [5, 5.41) is 2.25. The van der Waals surface area contributed by atoms with Crippen molar-refractivity contribution in [3.63, 3.8) is 0 Å². The number of halogens is 3. The maximum absolute atomic E-state index is 13.3. The first-order valence-corrected chi connectivity index (χ1v) is 13.6. The molecule has 152 valence electrons. The van der Waals surface area contributed by atoms with Gasteiger partial charge in [0, 0.05) is 18.2 Å². The number of hydrogen-bond donors (Lipinski definition) is 1. The van der Waals surface area contributed by atoms with Crippen LogP contribution < -0.4 is 5.32 Å². The Labute approximate surface area is 156 Å². The third-order valence-electron chi connectivity index (χ3n) is 4.69. The van der Waals surface area contributed by atoms with Crippen molar-refractivity contribution in [1.29, 1.82) is 0 Å². The second kappa shape index (κ2) is 8.21. The molecule has 1 saturated carbocycles. The lowest BCUT2D eigenvalue weighted by Gasteiger charge is -2.37. The highest BCUT2D eigenvalue weighted by Crippen LogP contribution is 2.36. The molecule has 0 aromatic heterocycles. The van der Waals surface area contributed by atoms with Crippen molar-refractivity contribution in [2.75, 3.05) is 18.6 Å². The number of rotatable bonds is 7. The van der Waals surface area contributed by atoms with Crippen LogP contribution in [0.3, 0.4) is 0 Å². The molecule has 1 aliphatic carbocycles. The number of alkyl halides is 3. The number of sulfone groups is 1. The van der Waals surface area contributed by atoms with Gasteiger partial charge < -0.3 is 4.43 Å². The van der Waals surface area contributed by atoms with Gasteiger partial charge >= 0.3 is 6.18 Å².